The maximum absolute atomic E-state index is 4.61. The molecule has 0 radical (unpaired) electrons. The fraction of sp³-hybridized carbons (Fsp3) is 0.500. The van der Waals surface area contributed by atoms with Crippen LogP contribution in [0.2, 0.25) is 0 Å². The van der Waals surface area contributed by atoms with Crippen LogP contribution < -0.4 is 0 Å². The molecular weight excluding hydrogens is 92.1 g/mol. The highest BCUT2D eigenvalue weighted by Gasteiger charge is 1.77. The maximum atomic E-state index is 4.61. The quantitative estimate of drug-likeness (QED) is 0.271. The predicted octanol–water partition coefficient (Wildman–Crippen LogP) is 0.667. The van der Waals surface area contributed by atoms with Crippen LogP contribution in [0.15, 0.2) is 10.2 Å². The van der Waals surface area contributed by atoms with E-state index in [2.05, 4.69) is 21.7 Å². The Kier molecular flexibility index (Phi) is 2.92. The lowest BCUT2D eigenvalue weighted by Crippen LogP contribution is -1.90. The first-order chi connectivity index (χ1) is 3.31. The van der Waals surface area contributed by atoms with Crippen LogP contribution in [0, 0.1) is 0 Å². The average molecular weight is 100 g/mol. The van der Waals surface area contributed by atoms with Crippen molar-refractivity contribution in [1.29, 1.82) is 0 Å². The summed E-state index contributed by atoms with van der Waals surface area (Å²) in [6.07, 6.45) is 0. The Labute approximate surface area is 42.7 Å². The van der Waals surface area contributed by atoms with Crippen molar-refractivity contribution in [3.05, 3.63) is 0 Å². The highest BCUT2D eigenvalue weighted by molar-refractivity contribution is 5.72. The van der Waals surface area contributed by atoms with Gasteiger partial charge in [-0.15, -0.1) is 5.10 Å². The fourth-order valence-electron chi connectivity index (χ4n) is 0.140. The number of ether oxygens (including phenoxy) is 1. The van der Waals surface area contributed by atoms with Crippen LogP contribution in [0.5, 0.6) is 0 Å². The van der Waals surface area contributed by atoms with Crippen LogP contribution in [0.1, 0.15) is 6.92 Å². The number of hydrogen-bond acceptors (Lipinski definition) is 3. The van der Waals surface area contributed by atoms with Crippen molar-refractivity contribution in [2.75, 3.05) is 7.11 Å². The zero-order valence-electron chi connectivity index (χ0n) is 4.51. The van der Waals surface area contributed by atoms with Crippen LogP contribution >= 0.6 is 0 Å². The van der Waals surface area contributed by atoms with Gasteiger partial charge in [0.1, 0.15) is 0 Å². The summed E-state index contributed by atoms with van der Waals surface area (Å²) in [5.41, 5.74) is 0. The van der Waals surface area contributed by atoms with Crippen molar-refractivity contribution < 1.29 is 4.74 Å². The van der Waals surface area contributed by atoms with Crippen LogP contribution in [0.25, 0.3) is 0 Å². The molecule has 0 aromatic rings. The molecule has 0 saturated heterocycles. The summed E-state index contributed by atoms with van der Waals surface area (Å²) in [6.45, 7) is 4.83. The molecule has 0 atom stereocenters. The molecule has 0 fully saturated rings. The monoisotopic (exact) mass is 100 g/mol. The molecule has 0 saturated carbocycles. The lowest BCUT2D eigenvalue weighted by Gasteiger charge is -1.89. The number of methoxy groups -OCH3 is 1. The van der Waals surface area contributed by atoms with E-state index in [0.717, 1.165) is 0 Å². The standard InChI is InChI=1S/C4H8N2O/c1-4(7-3)6-5-2/h2H2,1,3H3/b6-4+. The van der Waals surface area contributed by atoms with Crippen LogP contribution in [0.4, 0.5) is 0 Å². The van der Waals surface area contributed by atoms with Gasteiger partial charge in [0.25, 0.3) is 0 Å². The van der Waals surface area contributed by atoms with Gasteiger partial charge in [-0.25, -0.2) is 0 Å². The molecule has 3 nitrogen and oxygen atoms in total. The molecule has 40 valence electrons. The zero-order chi connectivity index (χ0) is 5.70. The summed E-state index contributed by atoms with van der Waals surface area (Å²) in [7, 11) is 1.53. The molecule has 0 unspecified atom stereocenters. The third-order valence-corrected chi connectivity index (χ3v) is 0.507. The molecule has 0 aliphatic carbocycles. The van der Waals surface area contributed by atoms with Gasteiger partial charge in [-0.1, -0.05) is 0 Å². The van der Waals surface area contributed by atoms with Gasteiger partial charge in [0.15, 0.2) is 0 Å². The van der Waals surface area contributed by atoms with E-state index < -0.39 is 0 Å². The summed E-state index contributed by atoms with van der Waals surface area (Å²) in [5, 5.41) is 6.67. The molecule has 0 N–H and O–H groups in total. The summed E-state index contributed by atoms with van der Waals surface area (Å²) in [6, 6.07) is 0. The minimum Gasteiger partial charge on any atom is -0.483 e. The topological polar surface area (TPSA) is 34.0 Å². The Morgan fingerprint density at radius 1 is 1.71 bits per heavy atom. The molecule has 7 heavy (non-hydrogen) atoms. The van der Waals surface area contributed by atoms with Crippen molar-refractivity contribution in [2.24, 2.45) is 10.2 Å². The Bertz CT molecular complexity index is 87.7. The van der Waals surface area contributed by atoms with E-state index in [1.807, 2.05) is 0 Å². The lowest BCUT2D eigenvalue weighted by molar-refractivity contribution is 0.398. The van der Waals surface area contributed by atoms with E-state index in [9.17, 15) is 0 Å². The summed E-state index contributed by atoms with van der Waals surface area (Å²) in [5.74, 6) is 0.523. The molecule has 3 heteroatoms. The lowest BCUT2D eigenvalue weighted by atomic mass is 10.8. The Morgan fingerprint density at radius 2 is 2.29 bits per heavy atom. The van der Waals surface area contributed by atoms with Gasteiger partial charge in [-0.05, 0) is 0 Å². The first kappa shape index (κ1) is 6.14. The number of rotatable bonds is 1. The van der Waals surface area contributed by atoms with E-state index in [-0.39, 0.29) is 0 Å². The third-order valence-electron chi connectivity index (χ3n) is 0.507. The molecule has 0 rings (SSSR count). The van der Waals surface area contributed by atoms with E-state index >= 15 is 0 Å². The fourth-order valence-corrected chi connectivity index (χ4v) is 0.140. The van der Waals surface area contributed by atoms with Gasteiger partial charge in [-0.3, -0.25) is 0 Å². The minimum absolute atomic E-state index is 0.523. The summed E-state index contributed by atoms with van der Waals surface area (Å²) in [4.78, 5) is 0. The highest BCUT2D eigenvalue weighted by atomic mass is 16.5. The molecule has 0 aliphatic heterocycles. The molecule has 0 heterocycles. The van der Waals surface area contributed by atoms with Crippen molar-refractivity contribution in [2.45, 2.75) is 6.92 Å². The largest absolute Gasteiger partial charge is 0.483 e. The van der Waals surface area contributed by atoms with Crippen molar-refractivity contribution in [3.8, 4) is 0 Å². The third kappa shape index (κ3) is 2.96. The molecule has 0 bridgehead atoms. The van der Waals surface area contributed by atoms with Crippen LogP contribution in [-0.4, -0.2) is 19.7 Å². The van der Waals surface area contributed by atoms with Gasteiger partial charge >= 0.3 is 0 Å². The van der Waals surface area contributed by atoms with E-state index in [1.165, 1.54) is 7.11 Å². The second kappa shape index (κ2) is 3.33. The van der Waals surface area contributed by atoms with Crippen molar-refractivity contribution in [3.63, 3.8) is 0 Å². The van der Waals surface area contributed by atoms with E-state index in [1.54, 1.807) is 6.92 Å². The van der Waals surface area contributed by atoms with E-state index in [0.29, 0.717) is 5.90 Å². The van der Waals surface area contributed by atoms with Gasteiger partial charge in [0.2, 0.25) is 5.90 Å². The first-order valence-electron chi connectivity index (χ1n) is 1.85. The number of hydrogen-bond donors (Lipinski definition) is 0. The minimum atomic E-state index is 0.523. The number of nitrogens with zero attached hydrogens (tertiary/aromatic N) is 2. The molecule has 0 amide bonds. The van der Waals surface area contributed by atoms with Gasteiger partial charge in [0, 0.05) is 13.6 Å². The van der Waals surface area contributed by atoms with Crippen LogP contribution in [-0.2, 0) is 4.74 Å². The SMILES string of the molecule is C=N/N=C(\C)OC. The second-order valence-corrected chi connectivity index (χ2v) is 0.965. The summed E-state index contributed by atoms with van der Waals surface area (Å²) < 4.78 is 4.61. The molecule has 0 aromatic carbocycles. The van der Waals surface area contributed by atoms with Gasteiger partial charge in [0.05, 0.1) is 7.11 Å². The Morgan fingerprint density at radius 3 is 2.43 bits per heavy atom. The van der Waals surface area contributed by atoms with Crippen molar-refractivity contribution in [1.82, 2.24) is 0 Å². The Hall–Kier alpha value is -0.860. The zero-order valence-corrected chi connectivity index (χ0v) is 4.51. The maximum Gasteiger partial charge on any atom is 0.205 e. The molecule has 0 spiro atoms. The molecular formula is C4H8N2O. The first-order valence-corrected chi connectivity index (χ1v) is 1.85. The normalized spacial score (nSPS) is 10.9. The van der Waals surface area contributed by atoms with Crippen molar-refractivity contribution >= 4 is 12.6 Å². The smallest absolute Gasteiger partial charge is 0.205 e. The van der Waals surface area contributed by atoms with Gasteiger partial charge in [-0.2, -0.15) is 5.10 Å². The predicted molar refractivity (Wildman–Crippen MR) is 29.7 cm³/mol. The highest BCUT2D eigenvalue weighted by Crippen LogP contribution is 1.75. The molecule has 0 aliphatic rings. The summed E-state index contributed by atoms with van der Waals surface area (Å²) >= 11 is 0. The van der Waals surface area contributed by atoms with E-state index in [4.69, 9.17) is 0 Å². The average Bonchev–Trinajstić information content (AvgIpc) is 1.68. The Balaban J connectivity index is 3.49. The second-order valence-electron chi connectivity index (χ2n) is 0.965. The molecule has 0 aromatic heterocycles. The van der Waals surface area contributed by atoms with Crippen LogP contribution in [0.3, 0.4) is 0 Å². The van der Waals surface area contributed by atoms with Gasteiger partial charge < -0.3 is 4.74 Å².